The summed E-state index contributed by atoms with van der Waals surface area (Å²) in [6.07, 6.45) is 0. The molecule has 2 rings (SSSR count). The summed E-state index contributed by atoms with van der Waals surface area (Å²) in [7, 11) is 1.66. The van der Waals surface area contributed by atoms with E-state index in [0.29, 0.717) is 5.92 Å². The maximum atomic E-state index is 5.87. The Labute approximate surface area is 125 Å². The predicted octanol–water partition coefficient (Wildman–Crippen LogP) is 4.69. The quantitative estimate of drug-likeness (QED) is 0.640. The lowest BCUT2D eigenvalue weighted by Crippen LogP contribution is -1.91. The minimum absolute atomic E-state index is 0.576. The van der Waals surface area contributed by atoms with E-state index >= 15 is 0 Å². The lowest BCUT2D eigenvalue weighted by atomic mass is 10.0. The van der Waals surface area contributed by atoms with E-state index in [9.17, 15) is 0 Å². The third kappa shape index (κ3) is 3.94. The molecule has 0 spiro atoms. The lowest BCUT2D eigenvalue weighted by molar-refractivity contribution is 0.414. The largest absolute Gasteiger partial charge is 0.497 e. The fourth-order valence-electron chi connectivity index (χ4n) is 2.00. The van der Waals surface area contributed by atoms with Gasteiger partial charge in [-0.1, -0.05) is 26.0 Å². The minimum atomic E-state index is 0.576. The summed E-state index contributed by atoms with van der Waals surface area (Å²) in [6.45, 7) is 4.42. The highest BCUT2D eigenvalue weighted by Gasteiger charge is 2.02. The first-order valence-corrected chi connectivity index (χ1v) is 7.73. The Morgan fingerprint density at radius 3 is 2.40 bits per heavy atom. The normalized spacial score (nSPS) is 10.8. The van der Waals surface area contributed by atoms with E-state index in [0.717, 1.165) is 17.2 Å². The van der Waals surface area contributed by atoms with E-state index in [2.05, 4.69) is 38.1 Å². The van der Waals surface area contributed by atoms with Gasteiger partial charge in [0, 0.05) is 22.4 Å². The monoisotopic (exact) mass is 287 g/mol. The van der Waals surface area contributed by atoms with Crippen LogP contribution < -0.4 is 10.5 Å². The highest BCUT2D eigenvalue weighted by molar-refractivity contribution is 7.98. The van der Waals surface area contributed by atoms with Gasteiger partial charge in [-0.05, 0) is 41.3 Å². The number of nitrogen functional groups attached to an aromatic ring is 1. The highest BCUT2D eigenvalue weighted by Crippen LogP contribution is 2.27. The molecule has 2 nitrogen and oxygen atoms in total. The molecule has 0 heterocycles. The van der Waals surface area contributed by atoms with E-state index in [4.69, 9.17) is 10.5 Å². The molecule has 0 saturated carbocycles. The molecule has 0 saturated heterocycles. The second kappa shape index (κ2) is 6.71. The topological polar surface area (TPSA) is 35.2 Å². The first-order valence-electron chi connectivity index (χ1n) is 6.74. The maximum Gasteiger partial charge on any atom is 0.121 e. The lowest BCUT2D eigenvalue weighted by Gasteiger charge is -2.08. The molecular formula is C17H21NOS. The van der Waals surface area contributed by atoms with Gasteiger partial charge in [-0.15, -0.1) is 11.8 Å². The van der Waals surface area contributed by atoms with Crippen LogP contribution in [0.15, 0.2) is 47.4 Å². The summed E-state index contributed by atoms with van der Waals surface area (Å²) >= 11 is 1.81. The third-order valence-electron chi connectivity index (χ3n) is 3.18. The van der Waals surface area contributed by atoms with Crippen LogP contribution in [0.25, 0.3) is 0 Å². The molecule has 0 atom stereocenters. The van der Waals surface area contributed by atoms with E-state index in [-0.39, 0.29) is 0 Å². The Morgan fingerprint density at radius 1 is 1.10 bits per heavy atom. The van der Waals surface area contributed by atoms with Gasteiger partial charge in [0.15, 0.2) is 0 Å². The van der Waals surface area contributed by atoms with Crippen molar-refractivity contribution in [3.63, 3.8) is 0 Å². The van der Waals surface area contributed by atoms with E-state index < -0.39 is 0 Å². The zero-order valence-corrected chi connectivity index (χ0v) is 13.0. The van der Waals surface area contributed by atoms with Crippen LogP contribution in [0.4, 0.5) is 5.69 Å². The number of hydrogen-bond donors (Lipinski definition) is 1. The average Bonchev–Trinajstić information content (AvgIpc) is 2.45. The second-order valence-corrected chi connectivity index (χ2v) is 6.18. The zero-order valence-electron chi connectivity index (χ0n) is 12.2. The Kier molecular flexibility index (Phi) is 4.96. The highest BCUT2D eigenvalue weighted by atomic mass is 32.2. The molecular weight excluding hydrogens is 266 g/mol. The molecule has 2 aromatic rings. The minimum Gasteiger partial charge on any atom is -0.497 e. The van der Waals surface area contributed by atoms with Gasteiger partial charge in [-0.3, -0.25) is 0 Å². The van der Waals surface area contributed by atoms with Gasteiger partial charge in [0.1, 0.15) is 5.75 Å². The van der Waals surface area contributed by atoms with Crippen LogP contribution in [0, 0.1) is 0 Å². The number of nitrogens with two attached hydrogens (primary N) is 1. The molecule has 2 N–H and O–H groups in total. The number of ether oxygens (including phenoxy) is 1. The van der Waals surface area contributed by atoms with Crippen LogP contribution in [0.1, 0.15) is 30.9 Å². The van der Waals surface area contributed by atoms with Crippen molar-refractivity contribution in [2.45, 2.75) is 30.4 Å². The van der Waals surface area contributed by atoms with Gasteiger partial charge < -0.3 is 10.5 Å². The van der Waals surface area contributed by atoms with Crippen molar-refractivity contribution >= 4 is 17.4 Å². The molecule has 0 aliphatic carbocycles. The first-order chi connectivity index (χ1) is 9.58. The van der Waals surface area contributed by atoms with E-state index in [1.165, 1.54) is 16.0 Å². The number of rotatable bonds is 5. The van der Waals surface area contributed by atoms with Crippen molar-refractivity contribution in [1.82, 2.24) is 0 Å². The van der Waals surface area contributed by atoms with Crippen molar-refractivity contribution in [3.8, 4) is 5.75 Å². The van der Waals surface area contributed by atoms with Gasteiger partial charge in [-0.25, -0.2) is 0 Å². The van der Waals surface area contributed by atoms with Crippen molar-refractivity contribution in [3.05, 3.63) is 53.6 Å². The third-order valence-corrected chi connectivity index (χ3v) is 4.26. The van der Waals surface area contributed by atoms with Crippen molar-refractivity contribution in [2.24, 2.45) is 0 Å². The average molecular weight is 287 g/mol. The summed E-state index contributed by atoms with van der Waals surface area (Å²) in [5.41, 5.74) is 9.17. The Balaban J connectivity index is 2.03. The molecule has 0 aliphatic heterocycles. The number of benzene rings is 2. The number of hydrogen-bond acceptors (Lipinski definition) is 3. The van der Waals surface area contributed by atoms with Crippen molar-refractivity contribution < 1.29 is 4.74 Å². The molecule has 0 fully saturated rings. The van der Waals surface area contributed by atoms with Crippen molar-refractivity contribution in [2.75, 3.05) is 12.8 Å². The SMILES string of the molecule is COc1cc(N)cc(CSc2ccc(C(C)C)cc2)c1. The van der Waals surface area contributed by atoms with Crippen LogP contribution in [0.3, 0.4) is 0 Å². The molecule has 20 heavy (non-hydrogen) atoms. The van der Waals surface area contributed by atoms with Crippen LogP contribution in [0.5, 0.6) is 5.75 Å². The van der Waals surface area contributed by atoms with Gasteiger partial charge in [0.05, 0.1) is 7.11 Å². The molecule has 0 bridgehead atoms. The fraction of sp³-hybridized carbons (Fsp3) is 0.294. The molecule has 3 heteroatoms. The molecule has 106 valence electrons. The zero-order chi connectivity index (χ0) is 14.5. The van der Waals surface area contributed by atoms with Crippen molar-refractivity contribution in [1.29, 1.82) is 0 Å². The summed E-state index contributed by atoms with van der Waals surface area (Å²) in [6, 6.07) is 14.6. The summed E-state index contributed by atoms with van der Waals surface area (Å²) in [5, 5.41) is 0. The maximum absolute atomic E-state index is 5.87. The summed E-state index contributed by atoms with van der Waals surface area (Å²) in [4.78, 5) is 1.27. The Bertz CT molecular complexity index is 564. The Hall–Kier alpha value is -1.61. The van der Waals surface area contributed by atoms with Crippen LogP contribution in [-0.4, -0.2) is 7.11 Å². The fourth-order valence-corrected chi connectivity index (χ4v) is 2.83. The van der Waals surface area contributed by atoms with E-state index in [1.54, 1.807) is 7.11 Å². The molecule has 0 aromatic heterocycles. The molecule has 0 amide bonds. The smallest absolute Gasteiger partial charge is 0.121 e. The number of methoxy groups -OCH3 is 1. The molecule has 0 unspecified atom stereocenters. The standard InChI is InChI=1S/C17H21NOS/c1-12(2)14-4-6-17(7-5-14)20-11-13-8-15(18)10-16(9-13)19-3/h4-10,12H,11,18H2,1-3H3. The van der Waals surface area contributed by atoms with Gasteiger partial charge >= 0.3 is 0 Å². The Morgan fingerprint density at radius 2 is 1.80 bits per heavy atom. The molecule has 0 radical (unpaired) electrons. The molecule has 0 aliphatic rings. The molecule has 2 aromatic carbocycles. The second-order valence-electron chi connectivity index (χ2n) is 5.13. The predicted molar refractivity (Wildman–Crippen MR) is 87.5 cm³/mol. The van der Waals surface area contributed by atoms with Gasteiger partial charge in [-0.2, -0.15) is 0 Å². The number of anilines is 1. The van der Waals surface area contributed by atoms with Crippen LogP contribution in [-0.2, 0) is 5.75 Å². The van der Waals surface area contributed by atoms with Gasteiger partial charge in [0.2, 0.25) is 0 Å². The summed E-state index contributed by atoms with van der Waals surface area (Å²) in [5.74, 6) is 2.28. The van der Waals surface area contributed by atoms with Gasteiger partial charge in [0.25, 0.3) is 0 Å². The van der Waals surface area contributed by atoms with E-state index in [1.807, 2.05) is 30.0 Å². The van der Waals surface area contributed by atoms with Crippen LogP contribution >= 0.6 is 11.8 Å². The first kappa shape index (κ1) is 14.8. The number of thioether (sulfide) groups is 1. The summed E-state index contributed by atoms with van der Waals surface area (Å²) < 4.78 is 5.24. The van der Waals surface area contributed by atoms with Crippen LogP contribution in [0.2, 0.25) is 0 Å².